The number of aliphatic carboxylic acids is 1. The number of carboxylic acids is 1. The minimum absolute atomic E-state index is 0.0695. The van der Waals surface area contributed by atoms with Crippen molar-refractivity contribution in [2.24, 2.45) is 0 Å². The van der Waals surface area contributed by atoms with E-state index in [0.29, 0.717) is 5.75 Å². The molecule has 33 heavy (non-hydrogen) atoms. The Bertz CT molecular complexity index is 1110. The third-order valence-corrected chi connectivity index (χ3v) is 7.35. The Kier molecular flexibility index (Phi) is 7.23. The van der Waals surface area contributed by atoms with Gasteiger partial charge in [-0.1, -0.05) is 12.1 Å². The number of carboxylic acid groups (broad SMARTS) is 1. The van der Waals surface area contributed by atoms with Gasteiger partial charge in [0.05, 0.1) is 10.9 Å². The van der Waals surface area contributed by atoms with Crippen LogP contribution in [0.1, 0.15) is 12.5 Å². The minimum atomic E-state index is -4.14. The number of halogens is 1. The topological polar surface area (TPSA) is 107 Å². The number of piperazine rings is 1. The van der Waals surface area contributed by atoms with Crippen LogP contribution < -0.4 is 4.74 Å². The molecule has 1 saturated heterocycles. The van der Waals surface area contributed by atoms with E-state index >= 15 is 0 Å². The summed E-state index contributed by atoms with van der Waals surface area (Å²) in [5.41, 5.74) is 0.747. The van der Waals surface area contributed by atoms with Crippen LogP contribution in [0.3, 0.4) is 0 Å². The summed E-state index contributed by atoms with van der Waals surface area (Å²) in [5.74, 6) is -1.28. The molecular formula is C22H26FN3O6S. The molecule has 0 bridgehead atoms. The normalized spacial score (nSPS) is 19.2. The molecule has 0 spiro atoms. The van der Waals surface area contributed by atoms with E-state index in [2.05, 4.69) is 0 Å². The molecule has 2 amide bonds. The van der Waals surface area contributed by atoms with Gasteiger partial charge in [0.1, 0.15) is 24.2 Å². The lowest BCUT2D eigenvalue weighted by Gasteiger charge is -2.44. The van der Waals surface area contributed by atoms with Crippen molar-refractivity contribution < 1.29 is 32.2 Å². The van der Waals surface area contributed by atoms with Crippen molar-refractivity contribution in [3.05, 3.63) is 59.9 Å². The van der Waals surface area contributed by atoms with Gasteiger partial charge in [0, 0.05) is 27.2 Å². The maximum atomic E-state index is 13.3. The molecule has 0 radical (unpaired) electrons. The summed E-state index contributed by atoms with van der Waals surface area (Å²) in [7, 11) is -1.04. The first-order chi connectivity index (χ1) is 15.5. The Balaban J connectivity index is 1.77. The summed E-state index contributed by atoms with van der Waals surface area (Å²) in [5, 5.41) is 9.77. The molecule has 2 atom stereocenters. The molecule has 3 rings (SSSR count). The highest BCUT2D eigenvalue weighted by Crippen LogP contribution is 2.27. The molecule has 11 heteroatoms. The number of hydrogen-bond donors (Lipinski definition) is 1. The third-order valence-electron chi connectivity index (χ3n) is 5.45. The largest absolute Gasteiger partial charge is 0.489 e. The van der Waals surface area contributed by atoms with E-state index in [0.717, 1.165) is 9.87 Å². The van der Waals surface area contributed by atoms with Crippen molar-refractivity contribution in [2.75, 3.05) is 27.2 Å². The van der Waals surface area contributed by atoms with Crippen molar-refractivity contribution in [1.82, 2.24) is 14.1 Å². The number of benzene rings is 2. The molecule has 0 saturated carbocycles. The second-order valence-corrected chi connectivity index (χ2v) is 9.79. The van der Waals surface area contributed by atoms with Crippen molar-refractivity contribution in [3.8, 4) is 5.75 Å². The molecule has 178 valence electrons. The molecule has 0 aliphatic carbocycles. The average Bonchev–Trinajstić information content (AvgIpc) is 2.78. The first-order valence-corrected chi connectivity index (χ1v) is 11.7. The number of carbonyl (C=O) groups is 2. The molecule has 9 nitrogen and oxygen atoms in total. The van der Waals surface area contributed by atoms with Crippen LogP contribution in [0, 0.1) is 5.82 Å². The smallest absolute Gasteiger partial charge is 0.324 e. The van der Waals surface area contributed by atoms with E-state index < -0.39 is 28.1 Å². The van der Waals surface area contributed by atoms with Gasteiger partial charge in [0.25, 0.3) is 0 Å². The van der Waals surface area contributed by atoms with E-state index in [4.69, 9.17) is 4.74 Å². The van der Waals surface area contributed by atoms with E-state index in [-0.39, 0.29) is 36.4 Å². The molecule has 2 aromatic rings. The zero-order chi connectivity index (χ0) is 24.3. The summed E-state index contributed by atoms with van der Waals surface area (Å²) < 4.78 is 46.0. The predicted molar refractivity (Wildman–Crippen MR) is 118 cm³/mol. The van der Waals surface area contributed by atoms with Crippen molar-refractivity contribution in [3.63, 3.8) is 0 Å². The minimum Gasteiger partial charge on any atom is -0.489 e. The van der Waals surface area contributed by atoms with Crippen molar-refractivity contribution in [1.29, 1.82) is 0 Å². The monoisotopic (exact) mass is 479 g/mol. The fourth-order valence-corrected chi connectivity index (χ4v) is 5.31. The zero-order valence-corrected chi connectivity index (χ0v) is 19.3. The van der Waals surface area contributed by atoms with Gasteiger partial charge in [-0.15, -0.1) is 0 Å². The van der Waals surface area contributed by atoms with Gasteiger partial charge in [-0.05, 0) is 48.9 Å². The number of carbonyl (C=O) groups excluding carboxylic acids is 1. The lowest BCUT2D eigenvalue weighted by Crippen LogP contribution is -2.64. The molecule has 0 aromatic heterocycles. The first kappa shape index (κ1) is 24.5. The highest BCUT2D eigenvalue weighted by molar-refractivity contribution is 7.89. The Morgan fingerprint density at radius 2 is 1.70 bits per heavy atom. The number of hydrogen-bond acceptors (Lipinski definition) is 5. The number of rotatable bonds is 6. The fraction of sp³-hybridized carbons (Fsp3) is 0.364. The van der Waals surface area contributed by atoms with Crippen molar-refractivity contribution in [2.45, 2.75) is 30.5 Å². The maximum absolute atomic E-state index is 13.3. The molecule has 1 heterocycles. The maximum Gasteiger partial charge on any atom is 0.324 e. The van der Waals surface area contributed by atoms with E-state index in [1.807, 2.05) is 0 Å². The summed E-state index contributed by atoms with van der Waals surface area (Å²) in [4.78, 5) is 27.0. The molecule has 2 aromatic carbocycles. The van der Waals surface area contributed by atoms with E-state index in [1.165, 1.54) is 53.1 Å². The molecule has 1 aliphatic rings. The Morgan fingerprint density at radius 3 is 2.24 bits per heavy atom. The summed E-state index contributed by atoms with van der Waals surface area (Å²) >= 11 is 0. The number of nitrogens with zero attached hydrogens (tertiary/aromatic N) is 3. The number of sulfonamides is 1. The standard InChI is InChI=1S/C22H26FN3O6S/c1-15-20(21(27)28)26(13-12-25(15)22(29)24(2)3)33(30,31)19-10-8-18(9-11-19)32-14-16-4-6-17(23)7-5-16/h4-11,15,20H,12-14H2,1-3H3,(H,27,28). The van der Waals surface area contributed by atoms with Crippen LogP contribution >= 0.6 is 0 Å². The van der Waals surface area contributed by atoms with Gasteiger partial charge >= 0.3 is 12.0 Å². The SMILES string of the molecule is CC1C(C(=O)O)N(S(=O)(=O)c2ccc(OCc3ccc(F)cc3)cc2)CCN1C(=O)N(C)C. The average molecular weight is 480 g/mol. The third kappa shape index (κ3) is 5.25. The van der Waals surface area contributed by atoms with Crippen LogP contribution in [0.5, 0.6) is 5.75 Å². The Hall–Kier alpha value is -3.18. The summed E-state index contributed by atoms with van der Waals surface area (Å²) in [6.45, 7) is 1.62. The van der Waals surface area contributed by atoms with Gasteiger partial charge < -0.3 is 19.6 Å². The van der Waals surface area contributed by atoms with Crippen LogP contribution in [0.2, 0.25) is 0 Å². The lowest BCUT2D eigenvalue weighted by molar-refractivity contribution is -0.144. The number of amides is 2. The summed E-state index contributed by atoms with van der Waals surface area (Å²) in [6.07, 6.45) is 0. The van der Waals surface area contributed by atoms with Crippen molar-refractivity contribution >= 4 is 22.0 Å². The predicted octanol–water partition coefficient (Wildman–Crippen LogP) is 2.23. The zero-order valence-electron chi connectivity index (χ0n) is 18.5. The Morgan fingerprint density at radius 1 is 1.09 bits per heavy atom. The second kappa shape index (κ2) is 9.75. The fourth-order valence-electron chi connectivity index (χ4n) is 3.68. The van der Waals surface area contributed by atoms with Crippen LogP contribution in [0.15, 0.2) is 53.4 Å². The van der Waals surface area contributed by atoms with Gasteiger partial charge in [-0.3, -0.25) is 4.79 Å². The number of ether oxygens (including phenoxy) is 1. The van der Waals surface area contributed by atoms with Crippen LogP contribution in [0.4, 0.5) is 9.18 Å². The lowest BCUT2D eigenvalue weighted by atomic mass is 10.1. The quantitative estimate of drug-likeness (QED) is 0.681. The van der Waals surface area contributed by atoms with Gasteiger partial charge in [0.2, 0.25) is 10.0 Å². The molecule has 1 fully saturated rings. The summed E-state index contributed by atoms with van der Waals surface area (Å²) in [6, 6.07) is 8.77. The first-order valence-electron chi connectivity index (χ1n) is 10.2. The molecule has 1 N–H and O–H groups in total. The molecular weight excluding hydrogens is 453 g/mol. The number of urea groups is 1. The second-order valence-electron chi connectivity index (χ2n) is 7.90. The highest BCUT2D eigenvalue weighted by atomic mass is 32.2. The van der Waals surface area contributed by atoms with Crippen LogP contribution in [-0.4, -0.2) is 78.9 Å². The molecule has 1 aliphatic heterocycles. The van der Waals surface area contributed by atoms with Gasteiger partial charge in [-0.25, -0.2) is 17.6 Å². The van der Waals surface area contributed by atoms with Gasteiger partial charge in [-0.2, -0.15) is 4.31 Å². The van der Waals surface area contributed by atoms with Gasteiger partial charge in [0.15, 0.2) is 0 Å². The van der Waals surface area contributed by atoms with E-state index in [9.17, 15) is 27.5 Å². The Labute approximate surface area is 192 Å². The van der Waals surface area contributed by atoms with E-state index in [1.54, 1.807) is 26.2 Å². The highest BCUT2D eigenvalue weighted by Gasteiger charge is 2.46. The van der Waals surface area contributed by atoms with Crippen LogP contribution in [-0.2, 0) is 21.4 Å². The van der Waals surface area contributed by atoms with Crippen LogP contribution in [0.25, 0.3) is 0 Å². The molecule has 2 unspecified atom stereocenters.